The van der Waals surface area contributed by atoms with Gasteiger partial charge >= 0.3 is 0 Å². The van der Waals surface area contributed by atoms with Gasteiger partial charge in [0.25, 0.3) is 5.56 Å². The highest BCUT2D eigenvalue weighted by atomic mass is 35.5. The van der Waals surface area contributed by atoms with E-state index in [4.69, 9.17) is 11.6 Å². The van der Waals surface area contributed by atoms with Crippen LogP contribution in [0.3, 0.4) is 0 Å². The maximum Gasteiger partial charge on any atom is 0.264 e. The number of nitrogens with zero attached hydrogens (tertiary/aromatic N) is 5. The van der Waals surface area contributed by atoms with Crippen molar-refractivity contribution in [2.75, 3.05) is 14.1 Å². The number of benzene rings is 2. The summed E-state index contributed by atoms with van der Waals surface area (Å²) in [6.07, 6.45) is 2.90. The summed E-state index contributed by atoms with van der Waals surface area (Å²) in [5, 5.41) is 5.19. The first-order chi connectivity index (χ1) is 14.3. The molecule has 0 saturated carbocycles. The van der Waals surface area contributed by atoms with Crippen LogP contribution in [0.4, 0.5) is 0 Å². The molecule has 10 heteroatoms. The van der Waals surface area contributed by atoms with Gasteiger partial charge in [0.2, 0.25) is 10.0 Å². The third-order valence-electron chi connectivity index (χ3n) is 4.64. The molecule has 0 aliphatic heterocycles. The van der Waals surface area contributed by atoms with Crippen LogP contribution in [-0.2, 0) is 16.6 Å². The summed E-state index contributed by atoms with van der Waals surface area (Å²) in [6.45, 7) is 0.181. The SMILES string of the molecule is CN(C)S(=O)(=O)c1cccc(Cn2cnc3c(cnn3-c3cccc(Cl)c3)c2=O)c1. The topological polar surface area (TPSA) is 90.1 Å². The van der Waals surface area contributed by atoms with Gasteiger partial charge in [0.1, 0.15) is 11.7 Å². The first-order valence-corrected chi connectivity index (χ1v) is 10.8. The molecule has 2 aromatic heterocycles. The fourth-order valence-corrected chi connectivity index (χ4v) is 4.23. The van der Waals surface area contributed by atoms with Crippen molar-refractivity contribution in [2.24, 2.45) is 0 Å². The molecule has 154 valence electrons. The van der Waals surface area contributed by atoms with Crippen molar-refractivity contribution in [3.63, 3.8) is 0 Å². The molecule has 0 amide bonds. The lowest BCUT2D eigenvalue weighted by Gasteiger charge is -2.12. The maximum atomic E-state index is 13.0. The molecule has 0 bridgehead atoms. The minimum absolute atomic E-state index is 0.167. The molecule has 30 heavy (non-hydrogen) atoms. The van der Waals surface area contributed by atoms with Crippen LogP contribution in [0.25, 0.3) is 16.7 Å². The zero-order valence-corrected chi connectivity index (χ0v) is 17.8. The van der Waals surface area contributed by atoms with E-state index in [9.17, 15) is 13.2 Å². The standard InChI is InChI=1S/C20H18ClN5O3S/c1-24(2)30(28,29)17-8-3-5-14(9-17)12-25-13-22-19-18(20(25)27)11-23-26(19)16-7-4-6-15(21)10-16/h3-11,13H,12H2,1-2H3. The van der Waals surface area contributed by atoms with Crippen molar-refractivity contribution < 1.29 is 8.42 Å². The molecule has 4 aromatic rings. The average molecular weight is 444 g/mol. The Bertz CT molecular complexity index is 1410. The van der Waals surface area contributed by atoms with E-state index in [2.05, 4.69) is 10.1 Å². The monoisotopic (exact) mass is 443 g/mol. The molecule has 4 rings (SSSR count). The van der Waals surface area contributed by atoms with Crippen LogP contribution in [0.1, 0.15) is 5.56 Å². The molecular formula is C20H18ClN5O3S. The van der Waals surface area contributed by atoms with E-state index >= 15 is 0 Å². The quantitative estimate of drug-likeness (QED) is 0.472. The number of sulfonamides is 1. The molecule has 0 spiro atoms. The van der Waals surface area contributed by atoms with Gasteiger partial charge in [-0.1, -0.05) is 29.8 Å². The van der Waals surface area contributed by atoms with Crippen LogP contribution < -0.4 is 5.56 Å². The third kappa shape index (κ3) is 3.62. The van der Waals surface area contributed by atoms with Gasteiger partial charge in [0, 0.05) is 19.1 Å². The first-order valence-electron chi connectivity index (χ1n) is 8.98. The molecule has 0 unspecified atom stereocenters. The predicted octanol–water partition coefficient (Wildman–Crippen LogP) is 2.53. The van der Waals surface area contributed by atoms with E-state index in [1.807, 2.05) is 6.07 Å². The molecule has 2 heterocycles. The number of aromatic nitrogens is 4. The third-order valence-corrected chi connectivity index (χ3v) is 6.68. The largest absolute Gasteiger partial charge is 0.294 e. The molecular weight excluding hydrogens is 426 g/mol. The maximum absolute atomic E-state index is 13.0. The first kappa shape index (κ1) is 20.3. The Kier molecular flexibility index (Phi) is 5.19. The highest BCUT2D eigenvalue weighted by Crippen LogP contribution is 2.18. The number of fused-ring (bicyclic) bond motifs is 1. The van der Waals surface area contributed by atoms with Gasteiger partial charge in [-0.25, -0.2) is 22.4 Å². The van der Waals surface area contributed by atoms with E-state index in [0.717, 1.165) is 4.31 Å². The summed E-state index contributed by atoms with van der Waals surface area (Å²) in [6, 6.07) is 13.6. The van der Waals surface area contributed by atoms with Crippen LogP contribution in [0, 0.1) is 0 Å². The molecule has 0 N–H and O–H groups in total. The summed E-state index contributed by atoms with van der Waals surface area (Å²) in [7, 11) is -0.613. The summed E-state index contributed by atoms with van der Waals surface area (Å²) < 4.78 is 28.9. The number of halogens is 1. The van der Waals surface area contributed by atoms with Gasteiger partial charge in [-0.3, -0.25) is 9.36 Å². The van der Waals surface area contributed by atoms with Crippen LogP contribution in [0.15, 0.2) is 70.7 Å². The van der Waals surface area contributed by atoms with E-state index < -0.39 is 10.0 Å². The summed E-state index contributed by atoms with van der Waals surface area (Å²) in [5.41, 5.74) is 1.52. The number of hydrogen-bond acceptors (Lipinski definition) is 5. The number of rotatable bonds is 5. The van der Waals surface area contributed by atoms with Gasteiger partial charge in [-0.05, 0) is 35.9 Å². The zero-order valence-electron chi connectivity index (χ0n) is 16.2. The van der Waals surface area contributed by atoms with Crippen molar-refractivity contribution in [3.05, 3.63) is 82.0 Å². The molecule has 0 aliphatic carbocycles. The smallest absolute Gasteiger partial charge is 0.264 e. The van der Waals surface area contributed by atoms with Gasteiger partial charge < -0.3 is 0 Å². The molecule has 0 atom stereocenters. The van der Waals surface area contributed by atoms with Crippen LogP contribution in [0.5, 0.6) is 0 Å². The van der Waals surface area contributed by atoms with Crippen molar-refractivity contribution >= 4 is 32.7 Å². The lowest BCUT2D eigenvalue weighted by Crippen LogP contribution is -2.23. The van der Waals surface area contributed by atoms with Crippen molar-refractivity contribution in [2.45, 2.75) is 11.4 Å². The van der Waals surface area contributed by atoms with E-state index in [1.165, 1.54) is 37.3 Å². The lowest BCUT2D eigenvalue weighted by molar-refractivity contribution is 0.520. The Hall–Kier alpha value is -3.01. The van der Waals surface area contributed by atoms with Crippen molar-refractivity contribution in [1.82, 2.24) is 23.6 Å². The summed E-state index contributed by atoms with van der Waals surface area (Å²) >= 11 is 6.05. The predicted molar refractivity (Wildman–Crippen MR) is 115 cm³/mol. The molecule has 0 fully saturated rings. The Morgan fingerprint density at radius 1 is 1.10 bits per heavy atom. The van der Waals surface area contributed by atoms with Gasteiger partial charge in [0.05, 0.1) is 23.3 Å². The fraction of sp³-hybridized carbons (Fsp3) is 0.150. The van der Waals surface area contributed by atoms with E-state index in [0.29, 0.717) is 27.3 Å². The van der Waals surface area contributed by atoms with Crippen molar-refractivity contribution in [3.8, 4) is 5.69 Å². The second-order valence-electron chi connectivity index (χ2n) is 6.89. The number of hydrogen-bond donors (Lipinski definition) is 0. The molecule has 0 radical (unpaired) electrons. The minimum atomic E-state index is -3.56. The fourth-order valence-electron chi connectivity index (χ4n) is 3.07. The van der Waals surface area contributed by atoms with E-state index in [-0.39, 0.29) is 17.0 Å². The van der Waals surface area contributed by atoms with Crippen LogP contribution >= 0.6 is 11.6 Å². The molecule has 8 nitrogen and oxygen atoms in total. The van der Waals surface area contributed by atoms with Gasteiger partial charge in [0.15, 0.2) is 5.65 Å². The van der Waals surface area contributed by atoms with Gasteiger partial charge in [-0.15, -0.1) is 0 Å². The molecule has 0 aliphatic rings. The van der Waals surface area contributed by atoms with Crippen LogP contribution in [-0.4, -0.2) is 46.1 Å². The van der Waals surface area contributed by atoms with E-state index in [1.54, 1.807) is 41.1 Å². The lowest BCUT2D eigenvalue weighted by atomic mass is 10.2. The summed E-state index contributed by atoms with van der Waals surface area (Å²) in [4.78, 5) is 17.5. The summed E-state index contributed by atoms with van der Waals surface area (Å²) in [5.74, 6) is 0. The average Bonchev–Trinajstić information content (AvgIpc) is 3.15. The Labute approximate surface area is 178 Å². The Morgan fingerprint density at radius 3 is 2.60 bits per heavy atom. The second-order valence-corrected chi connectivity index (χ2v) is 9.47. The zero-order chi connectivity index (χ0) is 21.5. The molecule has 0 saturated heterocycles. The molecule has 2 aromatic carbocycles. The Balaban J connectivity index is 1.72. The van der Waals surface area contributed by atoms with Crippen LogP contribution in [0.2, 0.25) is 5.02 Å². The highest BCUT2D eigenvalue weighted by Gasteiger charge is 2.18. The van der Waals surface area contributed by atoms with Gasteiger partial charge in [-0.2, -0.15) is 5.10 Å². The highest BCUT2D eigenvalue weighted by molar-refractivity contribution is 7.89. The minimum Gasteiger partial charge on any atom is -0.294 e. The normalized spacial score (nSPS) is 12.0. The Morgan fingerprint density at radius 2 is 1.87 bits per heavy atom. The second kappa shape index (κ2) is 7.67. The van der Waals surface area contributed by atoms with Crippen molar-refractivity contribution in [1.29, 1.82) is 0 Å².